The average Bonchev–Trinajstić information content (AvgIpc) is 3.51. The summed E-state index contributed by atoms with van der Waals surface area (Å²) in [6.07, 6.45) is 0.910. The molecule has 0 spiro atoms. The molecule has 5 rings (SSSR count). The third-order valence-corrected chi connectivity index (χ3v) is 6.70. The number of imidazole rings is 1. The van der Waals surface area contributed by atoms with E-state index in [9.17, 15) is 15.3 Å². The minimum absolute atomic E-state index is 0.176. The van der Waals surface area contributed by atoms with Gasteiger partial charge in [-0.2, -0.15) is 4.98 Å². The standard InChI is InChI=1S/C23H30N6O3/c1-12-18(22-27-15-5-3-4-6-17(15)29(22)2)21(28-23(25-12)24-10-13-7-8-13)26-16-9-14(11-30)19(31)20(16)32/h3-6,13-14,16,19-20,30-32H,7-11H2,1-2H3,(H2,24,25,26,28)/t14-,16-,19-,20+/m1/s1. The van der Waals surface area contributed by atoms with Crippen molar-refractivity contribution in [1.29, 1.82) is 0 Å². The van der Waals surface area contributed by atoms with Crippen molar-refractivity contribution in [2.24, 2.45) is 18.9 Å². The number of aromatic nitrogens is 4. The van der Waals surface area contributed by atoms with Gasteiger partial charge in [0.05, 0.1) is 34.4 Å². The molecule has 0 amide bonds. The summed E-state index contributed by atoms with van der Waals surface area (Å²) in [5.74, 6) is 2.12. The SMILES string of the molecule is Cc1nc(NCC2CC2)nc(N[C@@H]2C[C@H](CO)[C@@H](O)[C@H]2O)c1-c1nc2ccccc2n1C. The normalized spacial score (nSPS) is 25.4. The van der Waals surface area contributed by atoms with E-state index in [0.29, 0.717) is 24.1 Å². The number of anilines is 2. The summed E-state index contributed by atoms with van der Waals surface area (Å²) in [7, 11) is 1.96. The second-order valence-electron chi connectivity index (χ2n) is 9.07. The van der Waals surface area contributed by atoms with E-state index < -0.39 is 18.2 Å². The van der Waals surface area contributed by atoms with Gasteiger partial charge in [0, 0.05) is 26.1 Å². The molecule has 9 heteroatoms. The third kappa shape index (κ3) is 3.80. The molecule has 5 N–H and O–H groups in total. The Kier molecular flexibility index (Phi) is 5.48. The van der Waals surface area contributed by atoms with Gasteiger partial charge in [0.15, 0.2) is 0 Å². The molecule has 2 saturated carbocycles. The lowest BCUT2D eigenvalue weighted by Gasteiger charge is -2.21. The fourth-order valence-corrected chi connectivity index (χ4v) is 4.58. The summed E-state index contributed by atoms with van der Waals surface area (Å²) in [6, 6.07) is 7.48. The van der Waals surface area contributed by atoms with Crippen molar-refractivity contribution in [3.8, 4) is 11.4 Å². The van der Waals surface area contributed by atoms with Crippen LogP contribution in [-0.2, 0) is 7.05 Å². The Hall–Kier alpha value is -2.75. The van der Waals surface area contributed by atoms with Gasteiger partial charge in [-0.05, 0) is 44.2 Å². The van der Waals surface area contributed by atoms with E-state index in [0.717, 1.165) is 34.7 Å². The molecule has 0 saturated heterocycles. The summed E-state index contributed by atoms with van der Waals surface area (Å²) in [4.78, 5) is 14.3. The number of aryl methyl sites for hydroxylation is 2. The monoisotopic (exact) mass is 438 g/mol. The van der Waals surface area contributed by atoms with E-state index in [2.05, 4.69) is 10.6 Å². The lowest BCUT2D eigenvalue weighted by Crippen LogP contribution is -2.36. The first-order valence-electron chi connectivity index (χ1n) is 11.2. The van der Waals surface area contributed by atoms with Crippen molar-refractivity contribution < 1.29 is 15.3 Å². The lowest BCUT2D eigenvalue weighted by atomic mass is 10.1. The average molecular weight is 439 g/mol. The number of nitrogens with one attached hydrogen (secondary N) is 2. The van der Waals surface area contributed by atoms with Crippen LogP contribution in [0.2, 0.25) is 0 Å². The van der Waals surface area contributed by atoms with Crippen LogP contribution in [0.4, 0.5) is 11.8 Å². The molecule has 32 heavy (non-hydrogen) atoms. The summed E-state index contributed by atoms with van der Waals surface area (Å²) in [5, 5.41) is 37.1. The number of rotatable bonds is 7. The molecule has 0 radical (unpaired) electrons. The van der Waals surface area contributed by atoms with Crippen LogP contribution in [0.15, 0.2) is 24.3 Å². The third-order valence-electron chi connectivity index (χ3n) is 6.70. The van der Waals surface area contributed by atoms with E-state index in [1.807, 2.05) is 42.8 Å². The maximum atomic E-state index is 10.6. The molecule has 1 aromatic carbocycles. The largest absolute Gasteiger partial charge is 0.396 e. The number of hydrogen-bond donors (Lipinski definition) is 5. The van der Waals surface area contributed by atoms with Crippen molar-refractivity contribution in [1.82, 2.24) is 19.5 Å². The van der Waals surface area contributed by atoms with E-state index in [1.165, 1.54) is 12.8 Å². The molecule has 2 fully saturated rings. The van der Waals surface area contributed by atoms with Gasteiger partial charge < -0.3 is 30.5 Å². The number of hydrogen-bond acceptors (Lipinski definition) is 8. The van der Waals surface area contributed by atoms with Crippen LogP contribution in [0.3, 0.4) is 0 Å². The van der Waals surface area contributed by atoms with Crippen LogP contribution in [0.25, 0.3) is 22.4 Å². The van der Waals surface area contributed by atoms with Crippen LogP contribution in [0.1, 0.15) is 25.0 Å². The second kappa shape index (κ2) is 8.31. The molecular weight excluding hydrogens is 408 g/mol. The Labute approximate surface area is 186 Å². The summed E-state index contributed by atoms with van der Waals surface area (Å²) in [5.41, 5.74) is 3.41. The van der Waals surface area contributed by atoms with Gasteiger partial charge in [0.1, 0.15) is 17.7 Å². The predicted molar refractivity (Wildman–Crippen MR) is 122 cm³/mol. The zero-order valence-electron chi connectivity index (χ0n) is 18.4. The molecule has 2 aliphatic carbocycles. The van der Waals surface area contributed by atoms with Gasteiger partial charge in [-0.15, -0.1) is 0 Å². The van der Waals surface area contributed by atoms with Crippen LogP contribution < -0.4 is 10.6 Å². The van der Waals surface area contributed by atoms with E-state index in [1.54, 1.807) is 0 Å². The van der Waals surface area contributed by atoms with E-state index in [-0.39, 0.29) is 12.5 Å². The van der Waals surface area contributed by atoms with Crippen molar-refractivity contribution in [2.45, 2.75) is 44.4 Å². The van der Waals surface area contributed by atoms with Gasteiger partial charge in [-0.25, -0.2) is 9.97 Å². The van der Waals surface area contributed by atoms with Crippen molar-refractivity contribution in [3.63, 3.8) is 0 Å². The summed E-state index contributed by atoms with van der Waals surface area (Å²) < 4.78 is 2.01. The Balaban J connectivity index is 1.56. The fraction of sp³-hybridized carbons (Fsp3) is 0.522. The van der Waals surface area contributed by atoms with Gasteiger partial charge in [-0.3, -0.25) is 0 Å². The predicted octanol–water partition coefficient (Wildman–Crippen LogP) is 1.68. The minimum atomic E-state index is -1.00. The Morgan fingerprint density at radius 3 is 2.56 bits per heavy atom. The van der Waals surface area contributed by atoms with Gasteiger partial charge >= 0.3 is 0 Å². The zero-order chi connectivity index (χ0) is 22.4. The quantitative estimate of drug-likeness (QED) is 0.377. The molecular formula is C23H30N6O3. The molecule has 0 bridgehead atoms. The number of nitrogens with zero attached hydrogens (tertiary/aromatic N) is 4. The topological polar surface area (TPSA) is 128 Å². The molecule has 0 unspecified atom stereocenters. The molecule has 2 aromatic heterocycles. The molecule has 0 aliphatic heterocycles. The van der Waals surface area contributed by atoms with Gasteiger partial charge in [-0.1, -0.05) is 12.1 Å². The summed E-state index contributed by atoms with van der Waals surface area (Å²) >= 11 is 0. The Morgan fingerprint density at radius 1 is 1.09 bits per heavy atom. The highest BCUT2D eigenvalue weighted by atomic mass is 16.3. The highest BCUT2D eigenvalue weighted by Gasteiger charge is 2.41. The van der Waals surface area contributed by atoms with E-state index in [4.69, 9.17) is 15.0 Å². The minimum Gasteiger partial charge on any atom is -0.396 e. The van der Waals surface area contributed by atoms with Crippen LogP contribution >= 0.6 is 0 Å². The van der Waals surface area contributed by atoms with Crippen molar-refractivity contribution in [2.75, 3.05) is 23.8 Å². The fourth-order valence-electron chi connectivity index (χ4n) is 4.58. The number of aliphatic hydroxyl groups is 3. The number of fused-ring (bicyclic) bond motifs is 1. The van der Waals surface area contributed by atoms with Gasteiger partial charge in [0.25, 0.3) is 0 Å². The Bertz CT molecular complexity index is 1130. The maximum absolute atomic E-state index is 10.6. The molecule has 9 nitrogen and oxygen atoms in total. The molecule has 2 heterocycles. The first-order valence-corrected chi connectivity index (χ1v) is 11.2. The van der Waals surface area contributed by atoms with Crippen molar-refractivity contribution in [3.05, 3.63) is 30.0 Å². The lowest BCUT2D eigenvalue weighted by molar-refractivity contribution is 0.00446. The molecule has 3 aromatic rings. The summed E-state index contributed by atoms with van der Waals surface area (Å²) in [6.45, 7) is 2.59. The number of aliphatic hydroxyl groups excluding tert-OH is 3. The first-order chi connectivity index (χ1) is 15.5. The maximum Gasteiger partial charge on any atom is 0.224 e. The highest BCUT2D eigenvalue weighted by molar-refractivity contribution is 5.84. The smallest absolute Gasteiger partial charge is 0.224 e. The van der Waals surface area contributed by atoms with Crippen molar-refractivity contribution >= 4 is 22.8 Å². The number of benzene rings is 1. The molecule has 4 atom stereocenters. The van der Waals surface area contributed by atoms with Crippen LogP contribution in [0, 0.1) is 18.8 Å². The first kappa shape index (κ1) is 21.1. The second-order valence-corrected chi connectivity index (χ2v) is 9.07. The highest BCUT2D eigenvalue weighted by Crippen LogP contribution is 2.35. The molecule has 2 aliphatic rings. The Morgan fingerprint density at radius 2 is 1.88 bits per heavy atom. The zero-order valence-corrected chi connectivity index (χ0v) is 18.4. The number of para-hydroxylation sites is 2. The van der Waals surface area contributed by atoms with Crippen LogP contribution in [0.5, 0.6) is 0 Å². The van der Waals surface area contributed by atoms with E-state index >= 15 is 0 Å². The van der Waals surface area contributed by atoms with Gasteiger partial charge in [0.2, 0.25) is 5.95 Å². The molecule has 170 valence electrons. The van der Waals surface area contributed by atoms with Crippen LogP contribution in [-0.4, -0.2) is 66.2 Å².